The molecule has 2 aromatic rings. The smallest absolute Gasteiger partial charge is 0.151 e. The molecule has 0 bridgehead atoms. The summed E-state index contributed by atoms with van der Waals surface area (Å²) in [6.07, 6.45) is -0.101. The second kappa shape index (κ2) is 9.19. The molecule has 0 spiro atoms. The molecule has 5 nitrogen and oxygen atoms in total. The third-order valence-corrected chi connectivity index (χ3v) is 6.93. The minimum atomic E-state index is -2.99. The summed E-state index contributed by atoms with van der Waals surface area (Å²) >= 11 is 3.38. The summed E-state index contributed by atoms with van der Waals surface area (Å²) in [6.45, 7) is 1.13. The molecule has 27 heavy (non-hydrogen) atoms. The highest BCUT2D eigenvalue weighted by Crippen LogP contribution is 2.21. The SMILES string of the molecule is O=S1(=O)CCC(N(Cc2ccccc2)CC(O)COc2ccc(Br)cc2)C1. The van der Waals surface area contributed by atoms with E-state index in [0.29, 0.717) is 25.3 Å². The number of ether oxygens (including phenoxy) is 1. The van der Waals surface area contributed by atoms with Gasteiger partial charge in [-0.3, -0.25) is 4.90 Å². The maximum Gasteiger partial charge on any atom is 0.151 e. The van der Waals surface area contributed by atoms with Gasteiger partial charge in [0.25, 0.3) is 0 Å². The Morgan fingerprint density at radius 3 is 2.48 bits per heavy atom. The molecule has 0 amide bonds. The highest BCUT2D eigenvalue weighted by Gasteiger charge is 2.33. The van der Waals surface area contributed by atoms with Crippen molar-refractivity contribution in [3.8, 4) is 5.75 Å². The van der Waals surface area contributed by atoms with Crippen LogP contribution in [-0.2, 0) is 16.4 Å². The van der Waals surface area contributed by atoms with E-state index in [1.165, 1.54) is 0 Å². The zero-order chi connectivity index (χ0) is 19.3. The molecule has 1 heterocycles. The van der Waals surface area contributed by atoms with Crippen LogP contribution < -0.4 is 4.74 Å². The van der Waals surface area contributed by atoms with Crippen LogP contribution in [0.3, 0.4) is 0 Å². The number of hydrogen-bond acceptors (Lipinski definition) is 5. The second-order valence-corrected chi connectivity index (χ2v) is 10.0. The van der Waals surface area contributed by atoms with Crippen LogP contribution in [0.1, 0.15) is 12.0 Å². The summed E-state index contributed by atoms with van der Waals surface area (Å²) < 4.78 is 30.4. The number of benzene rings is 2. The van der Waals surface area contributed by atoms with E-state index in [9.17, 15) is 13.5 Å². The molecule has 0 aliphatic carbocycles. The number of halogens is 1. The Bertz CT molecular complexity index is 827. The normalized spacial score (nSPS) is 19.9. The summed E-state index contributed by atoms with van der Waals surface area (Å²) in [7, 11) is -2.99. The molecule has 1 fully saturated rings. The van der Waals surface area contributed by atoms with Crippen LogP contribution in [0.15, 0.2) is 59.1 Å². The molecule has 1 aliphatic rings. The number of aliphatic hydroxyl groups excluding tert-OH is 1. The maximum atomic E-state index is 11.9. The first kappa shape index (κ1) is 20.3. The van der Waals surface area contributed by atoms with Gasteiger partial charge >= 0.3 is 0 Å². The Hall–Kier alpha value is -1.41. The molecule has 2 atom stereocenters. The van der Waals surface area contributed by atoms with Crippen LogP contribution >= 0.6 is 15.9 Å². The van der Waals surface area contributed by atoms with Gasteiger partial charge in [0, 0.05) is 23.6 Å². The van der Waals surface area contributed by atoms with Gasteiger partial charge in [-0.05, 0) is 36.2 Å². The lowest BCUT2D eigenvalue weighted by Crippen LogP contribution is -2.42. The monoisotopic (exact) mass is 453 g/mol. The Morgan fingerprint density at radius 2 is 1.85 bits per heavy atom. The fourth-order valence-corrected chi connectivity index (χ4v) is 5.30. The highest BCUT2D eigenvalue weighted by molar-refractivity contribution is 9.10. The first-order valence-corrected chi connectivity index (χ1v) is 11.6. The summed E-state index contributed by atoms with van der Waals surface area (Å²) in [5.41, 5.74) is 1.10. The first-order valence-electron chi connectivity index (χ1n) is 8.96. The topological polar surface area (TPSA) is 66.8 Å². The molecule has 0 saturated carbocycles. The van der Waals surface area contributed by atoms with Crippen molar-refractivity contribution in [1.82, 2.24) is 4.90 Å². The quantitative estimate of drug-likeness (QED) is 0.665. The molecule has 7 heteroatoms. The minimum absolute atomic E-state index is 0.0717. The van der Waals surface area contributed by atoms with Gasteiger partial charge in [-0.15, -0.1) is 0 Å². The lowest BCUT2D eigenvalue weighted by Gasteiger charge is -2.30. The van der Waals surface area contributed by atoms with Crippen molar-refractivity contribution >= 4 is 25.8 Å². The van der Waals surface area contributed by atoms with Crippen LogP contribution in [-0.4, -0.2) is 55.2 Å². The van der Waals surface area contributed by atoms with Gasteiger partial charge in [0.1, 0.15) is 18.5 Å². The van der Waals surface area contributed by atoms with Crippen LogP contribution in [0, 0.1) is 0 Å². The van der Waals surface area contributed by atoms with Gasteiger partial charge in [-0.2, -0.15) is 0 Å². The molecule has 0 radical (unpaired) electrons. The predicted octanol–water partition coefficient (Wildman–Crippen LogP) is 2.88. The van der Waals surface area contributed by atoms with E-state index in [4.69, 9.17) is 4.74 Å². The van der Waals surface area contributed by atoms with Crippen molar-refractivity contribution in [2.45, 2.75) is 25.1 Å². The fourth-order valence-electron chi connectivity index (χ4n) is 3.27. The third-order valence-electron chi connectivity index (χ3n) is 4.65. The van der Waals surface area contributed by atoms with E-state index >= 15 is 0 Å². The van der Waals surface area contributed by atoms with E-state index in [-0.39, 0.29) is 24.2 Å². The number of rotatable bonds is 8. The standard InChI is InChI=1S/C20H24BrNO4S/c21-17-6-8-20(9-7-17)26-14-19(23)13-22(12-16-4-2-1-3-5-16)18-10-11-27(24,25)15-18/h1-9,18-19,23H,10-15H2. The average molecular weight is 454 g/mol. The highest BCUT2D eigenvalue weighted by atomic mass is 79.9. The molecular formula is C20H24BrNO4S. The van der Waals surface area contributed by atoms with Crippen LogP contribution in [0.4, 0.5) is 0 Å². The van der Waals surface area contributed by atoms with E-state index in [0.717, 1.165) is 10.0 Å². The van der Waals surface area contributed by atoms with Crippen LogP contribution in [0.25, 0.3) is 0 Å². The van der Waals surface area contributed by atoms with Gasteiger partial charge in [0.2, 0.25) is 0 Å². The van der Waals surface area contributed by atoms with Gasteiger partial charge in [-0.1, -0.05) is 46.3 Å². The lowest BCUT2D eigenvalue weighted by atomic mass is 10.1. The Labute approximate surface area is 169 Å². The van der Waals surface area contributed by atoms with E-state index in [1.807, 2.05) is 54.6 Å². The second-order valence-electron chi connectivity index (χ2n) is 6.89. The predicted molar refractivity (Wildman–Crippen MR) is 110 cm³/mol. The van der Waals surface area contributed by atoms with Gasteiger partial charge in [0.15, 0.2) is 9.84 Å². The van der Waals surface area contributed by atoms with Crippen molar-refractivity contribution in [2.24, 2.45) is 0 Å². The molecule has 3 rings (SSSR count). The van der Waals surface area contributed by atoms with Crippen molar-refractivity contribution in [3.05, 3.63) is 64.6 Å². The average Bonchev–Trinajstić information content (AvgIpc) is 3.01. The largest absolute Gasteiger partial charge is 0.491 e. The van der Waals surface area contributed by atoms with E-state index in [1.54, 1.807) is 0 Å². The molecular weight excluding hydrogens is 430 g/mol. The van der Waals surface area contributed by atoms with Gasteiger partial charge < -0.3 is 9.84 Å². The molecule has 0 aromatic heterocycles. The van der Waals surface area contributed by atoms with Crippen molar-refractivity contribution < 1.29 is 18.3 Å². The molecule has 146 valence electrons. The van der Waals surface area contributed by atoms with Crippen LogP contribution in [0.2, 0.25) is 0 Å². The number of hydrogen-bond donors (Lipinski definition) is 1. The zero-order valence-corrected chi connectivity index (χ0v) is 17.4. The van der Waals surface area contributed by atoms with Crippen molar-refractivity contribution in [1.29, 1.82) is 0 Å². The lowest BCUT2D eigenvalue weighted by molar-refractivity contribution is 0.0525. The summed E-state index contributed by atoms with van der Waals surface area (Å²) in [6, 6.07) is 17.3. The maximum absolute atomic E-state index is 11.9. The van der Waals surface area contributed by atoms with Gasteiger partial charge in [0.05, 0.1) is 11.5 Å². The summed E-state index contributed by atoms with van der Waals surface area (Å²) in [5.74, 6) is 1.06. The third kappa shape index (κ3) is 6.31. The Balaban J connectivity index is 1.62. The van der Waals surface area contributed by atoms with Crippen molar-refractivity contribution in [2.75, 3.05) is 24.7 Å². The Kier molecular flexibility index (Phi) is 6.92. The fraction of sp³-hybridized carbons (Fsp3) is 0.400. The van der Waals surface area contributed by atoms with Gasteiger partial charge in [-0.25, -0.2) is 8.42 Å². The molecule has 1 aliphatic heterocycles. The number of sulfone groups is 1. The number of nitrogens with zero attached hydrogens (tertiary/aromatic N) is 1. The molecule has 2 aromatic carbocycles. The van der Waals surface area contributed by atoms with E-state index < -0.39 is 15.9 Å². The molecule has 2 unspecified atom stereocenters. The van der Waals surface area contributed by atoms with Crippen molar-refractivity contribution in [3.63, 3.8) is 0 Å². The summed E-state index contributed by atoms with van der Waals surface area (Å²) in [4.78, 5) is 2.06. The molecule has 1 saturated heterocycles. The zero-order valence-electron chi connectivity index (χ0n) is 15.0. The minimum Gasteiger partial charge on any atom is -0.491 e. The Morgan fingerprint density at radius 1 is 1.15 bits per heavy atom. The van der Waals surface area contributed by atoms with Crippen LogP contribution in [0.5, 0.6) is 5.75 Å². The molecule has 1 N–H and O–H groups in total. The van der Waals surface area contributed by atoms with E-state index in [2.05, 4.69) is 20.8 Å². The first-order chi connectivity index (χ1) is 12.9. The summed E-state index contributed by atoms with van der Waals surface area (Å²) in [5, 5.41) is 10.5. The number of aliphatic hydroxyl groups is 1.